The van der Waals surface area contributed by atoms with Gasteiger partial charge in [0.25, 0.3) is 0 Å². The molecule has 0 aliphatic rings. The van der Waals surface area contributed by atoms with Crippen molar-refractivity contribution < 1.29 is 0 Å². The van der Waals surface area contributed by atoms with Crippen LogP contribution in [0.25, 0.3) is 0 Å². The predicted molar refractivity (Wildman–Crippen MR) is 50.4 cm³/mol. The molecule has 0 heterocycles. The molecule has 0 bridgehead atoms. The summed E-state index contributed by atoms with van der Waals surface area (Å²) in [4.78, 5) is 0. The highest BCUT2D eigenvalue weighted by molar-refractivity contribution is 7.80. The lowest BCUT2D eigenvalue weighted by Crippen LogP contribution is -2.03. The van der Waals surface area contributed by atoms with Crippen LogP contribution in [0.15, 0.2) is 0 Å². The van der Waals surface area contributed by atoms with Gasteiger partial charge in [0, 0.05) is 5.75 Å². The van der Waals surface area contributed by atoms with E-state index in [0.717, 1.165) is 5.75 Å². The van der Waals surface area contributed by atoms with E-state index >= 15 is 0 Å². The zero-order valence-electron chi connectivity index (χ0n) is 7.44. The summed E-state index contributed by atoms with van der Waals surface area (Å²) in [7, 11) is 0. The third-order valence-electron chi connectivity index (χ3n) is 1.57. The fourth-order valence-corrected chi connectivity index (χ4v) is 1.14. The Morgan fingerprint density at radius 3 is 2.00 bits per heavy atom. The van der Waals surface area contributed by atoms with E-state index in [1.807, 2.05) is 0 Å². The Hall–Kier alpha value is 0.350. The smallest absolute Gasteiger partial charge is 0.00369 e. The summed E-state index contributed by atoms with van der Waals surface area (Å²) in [6.45, 7) is 6.88. The first-order valence-electron chi connectivity index (χ1n) is 4.14. The van der Waals surface area contributed by atoms with Crippen LogP contribution in [0.3, 0.4) is 0 Å². The van der Waals surface area contributed by atoms with Crippen molar-refractivity contribution in [1.82, 2.24) is 0 Å². The van der Waals surface area contributed by atoms with Gasteiger partial charge in [-0.2, -0.15) is 0 Å². The fourth-order valence-electron chi connectivity index (χ4n) is 0.934. The van der Waals surface area contributed by atoms with Crippen molar-refractivity contribution in [2.24, 2.45) is 5.41 Å². The topological polar surface area (TPSA) is 0 Å². The highest BCUT2D eigenvalue weighted by Crippen LogP contribution is 2.21. The zero-order chi connectivity index (χ0) is 8.04. The summed E-state index contributed by atoms with van der Waals surface area (Å²) in [6, 6.07) is 0. The van der Waals surface area contributed by atoms with Crippen LogP contribution in [0, 0.1) is 5.41 Å². The summed E-state index contributed by atoms with van der Waals surface area (Å²) in [5, 5.41) is 0. The van der Waals surface area contributed by atoms with Crippen molar-refractivity contribution >= 4 is 12.6 Å². The molecule has 61 valence electrons. The van der Waals surface area contributed by atoms with Gasteiger partial charge >= 0.3 is 0 Å². The van der Waals surface area contributed by atoms with E-state index in [4.69, 9.17) is 12.6 Å². The molecule has 0 aliphatic heterocycles. The molecule has 0 aromatic heterocycles. The summed E-state index contributed by atoms with van der Waals surface area (Å²) < 4.78 is 0. The van der Waals surface area contributed by atoms with Crippen LogP contribution >= 0.6 is 12.6 Å². The van der Waals surface area contributed by atoms with Gasteiger partial charge in [0.05, 0.1) is 0 Å². The van der Waals surface area contributed by atoms with Crippen LogP contribution in [0.4, 0.5) is 0 Å². The molecule has 0 nitrogen and oxygen atoms in total. The molecule has 1 radical (unpaired) electrons. The van der Waals surface area contributed by atoms with Crippen molar-refractivity contribution in [3.63, 3.8) is 0 Å². The van der Waals surface area contributed by atoms with Gasteiger partial charge in [0.15, 0.2) is 0 Å². The first-order chi connectivity index (χ1) is 4.56. The molecule has 0 N–H and O–H groups in total. The monoisotopic (exact) mass is 159 g/mol. The molecule has 0 rings (SSSR count). The predicted octanol–water partition coefficient (Wildman–Crippen LogP) is 3.79. The van der Waals surface area contributed by atoms with Gasteiger partial charge in [-0.1, -0.05) is 46.2 Å². The zero-order valence-corrected chi connectivity index (χ0v) is 8.26. The molecule has 0 aromatic carbocycles. The van der Waals surface area contributed by atoms with Crippen molar-refractivity contribution in [1.29, 1.82) is 0 Å². The van der Waals surface area contributed by atoms with E-state index in [2.05, 4.69) is 20.8 Å². The maximum Gasteiger partial charge on any atom is 0.00369 e. The first kappa shape index (κ1) is 10.3. The van der Waals surface area contributed by atoms with Gasteiger partial charge in [0.1, 0.15) is 0 Å². The Kier molecular flexibility index (Phi) is 5.24. The second-order valence-electron chi connectivity index (χ2n) is 4.08. The van der Waals surface area contributed by atoms with E-state index < -0.39 is 0 Å². The number of unbranched alkanes of at least 4 members (excludes halogenated alkanes) is 2. The van der Waals surface area contributed by atoms with Gasteiger partial charge in [-0.25, -0.2) is 0 Å². The Labute approximate surface area is 70.8 Å². The quantitative estimate of drug-likeness (QED) is 0.547. The lowest BCUT2D eigenvalue weighted by molar-refractivity contribution is 0.360. The summed E-state index contributed by atoms with van der Waals surface area (Å²) >= 11 is 4.86. The van der Waals surface area contributed by atoms with Crippen molar-refractivity contribution in [3.05, 3.63) is 0 Å². The minimum Gasteiger partial charge on any atom is -0.0942 e. The molecule has 10 heavy (non-hydrogen) atoms. The van der Waals surface area contributed by atoms with Crippen LogP contribution in [-0.4, -0.2) is 5.75 Å². The average Bonchev–Trinajstić information content (AvgIpc) is 1.78. The Bertz CT molecular complexity index is 71.3. The third kappa shape index (κ3) is 8.35. The molecule has 0 fully saturated rings. The van der Waals surface area contributed by atoms with Gasteiger partial charge in [-0.3, -0.25) is 0 Å². The van der Waals surface area contributed by atoms with Gasteiger partial charge < -0.3 is 0 Å². The maximum absolute atomic E-state index is 4.86. The standard InChI is InChI=1S/C9H19S/c1-9(2,3)7-5-4-6-8-10/h4-8H2,1-3H3. The minimum atomic E-state index is 0.515. The van der Waals surface area contributed by atoms with Crippen molar-refractivity contribution in [2.45, 2.75) is 46.5 Å². The highest BCUT2D eigenvalue weighted by Gasteiger charge is 2.08. The lowest BCUT2D eigenvalue weighted by Gasteiger charge is -2.17. The van der Waals surface area contributed by atoms with Crippen molar-refractivity contribution in [3.8, 4) is 0 Å². The molecular weight excluding hydrogens is 140 g/mol. The van der Waals surface area contributed by atoms with E-state index in [-0.39, 0.29) is 0 Å². The van der Waals surface area contributed by atoms with Gasteiger partial charge in [-0.05, 0) is 18.3 Å². The van der Waals surface area contributed by atoms with Gasteiger partial charge in [-0.15, -0.1) is 0 Å². The Balaban J connectivity index is 3.04. The molecule has 0 atom stereocenters. The van der Waals surface area contributed by atoms with Crippen LogP contribution < -0.4 is 0 Å². The summed E-state index contributed by atoms with van der Waals surface area (Å²) in [5.74, 6) is 0.935. The van der Waals surface area contributed by atoms with Crippen LogP contribution in [0.5, 0.6) is 0 Å². The molecule has 1 heteroatoms. The number of rotatable bonds is 4. The average molecular weight is 159 g/mol. The van der Waals surface area contributed by atoms with E-state index in [1.54, 1.807) is 0 Å². The normalized spacial score (nSPS) is 12.0. The molecule has 0 aromatic rings. The number of hydrogen-bond acceptors (Lipinski definition) is 0. The molecule has 0 saturated heterocycles. The van der Waals surface area contributed by atoms with E-state index in [0.29, 0.717) is 5.41 Å². The number of hydrogen-bond donors (Lipinski definition) is 0. The summed E-state index contributed by atoms with van der Waals surface area (Å²) in [6.07, 6.45) is 5.23. The largest absolute Gasteiger partial charge is 0.0942 e. The molecule has 0 aliphatic carbocycles. The molecule has 0 saturated carbocycles. The van der Waals surface area contributed by atoms with Gasteiger partial charge in [0.2, 0.25) is 0 Å². The summed E-state index contributed by atoms with van der Waals surface area (Å²) in [5.41, 5.74) is 0.515. The first-order valence-corrected chi connectivity index (χ1v) is 4.72. The van der Waals surface area contributed by atoms with Crippen LogP contribution in [0.2, 0.25) is 0 Å². The Morgan fingerprint density at radius 1 is 1.00 bits per heavy atom. The van der Waals surface area contributed by atoms with E-state index in [9.17, 15) is 0 Å². The second-order valence-corrected chi connectivity index (χ2v) is 4.48. The Morgan fingerprint density at radius 2 is 1.60 bits per heavy atom. The maximum atomic E-state index is 4.86. The molecule has 0 unspecified atom stereocenters. The van der Waals surface area contributed by atoms with Crippen LogP contribution in [-0.2, 0) is 0 Å². The second kappa shape index (κ2) is 5.06. The molecule has 0 spiro atoms. The fraction of sp³-hybridized carbons (Fsp3) is 1.00. The minimum absolute atomic E-state index is 0.515. The molecule has 0 amide bonds. The molecular formula is C9H19S. The van der Waals surface area contributed by atoms with Crippen molar-refractivity contribution in [2.75, 3.05) is 5.75 Å². The van der Waals surface area contributed by atoms with Crippen LogP contribution in [0.1, 0.15) is 46.5 Å². The van der Waals surface area contributed by atoms with E-state index in [1.165, 1.54) is 25.7 Å². The third-order valence-corrected chi connectivity index (χ3v) is 1.86. The highest BCUT2D eigenvalue weighted by atomic mass is 32.1. The SMILES string of the molecule is CC(C)(C)CCCCC[S]. The lowest BCUT2D eigenvalue weighted by atomic mass is 9.90.